The summed E-state index contributed by atoms with van der Waals surface area (Å²) in [5.41, 5.74) is 2.75. The first-order chi connectivity index (χ1) is 9.46. The van der Waals surface area contributed by atoms with Crippen molar-refractivity contribution in [1.29, 1.82) is 0 Å². The standard InChI is InChI=1S/C18H31NO/c1-6-19-14-17(11-12-18(3,4)20-5)13-16-9-7-15(2)8-10-16/h7-10,17,19H,6,11-14H2,1-5H3. The number of nitrogens with one attached hydrogen (secondary N) is 1. The number of hydrogen-bond acceptors (Lipinski definition) is 2. The van der Waals surface area contributed by atoms with Crippen molar-refractivity contribution in [2.24, 2.45) is 5.92 Å². The number of aryl methyl sites for hydroxylation is 1. The lowest BCUT2D eigenvalue weighted by Crippen LogP contribution is -2.28. The first-order valence-corrected chi connectivity index (χ1v) is 7.78. The van der Waals surface area contributed by atoms with Crippen molar-refractivity contribution in [2.75, 3.05) is 20.2 Å². The van der Waals surface area contributed by atoms with Crippen LogP contribution in [0.5, 0.6) is 0 Å². The summed E-state index contributed by atoms with van der Waals surface area (Å²) in [6.07, 6.45) is 3.44. The van der Waals surface area contributed by atoms with Gasteiger partial charge in [0, 0.05) is 7.11 Å². The van der Waals surface area contributed by atoms with Crippen molar-refractivity contribution in [3.05, 3.63) is 35.4 Å². The van der Waals surface area contributed by atoms with Gasteiger partial charge in [0.1, 0.15) is 0 Å². The molecule has 1 N–H and O–H groups in total. The molecule has 0 aromatic heterocycles. The second kappa shape index (κ2) is 8.43. The van der Waals surface area contributed by atoms with Crippen molar-refractivity contribution in [3.63, 3.8) is 0 Å². The van der Waals surface area contributed by atoms with Crippen LogP contribution >= 0.6 is 0 Å². The molecule has 2 nitrogen and oxygen atoms in total. The minimum Gasteiger partial charge on any atom is -0.379 e. The summed E-state index contributed by atoms with van der Waals surface area (Å²) in [5.74, 6) is 0.673. The van der Waals surface area contributed by atoms with Crippen LogP contribution in [0.2, 0.25) is 0 Å². The molecule has 0 amide bonds. The monoisotopic (exact) mass is 277 g/mol. The van der Waals surface area contributed by atoms with Gasteiger partial charge in [0.25, 0.3) is 0 Å². The molecule has 1 atom stereocenters. The molecule has 0 radical (unpaired) electrons. The second-order valence-electron chi connectivity index (χ2n) is 6.37. The van der Waals surface area contributed by atoms with E-state index in [1.165, 1.54) is 17.5 Å². The van der Waals surface area contributed by atoms with E-state index in [-0.39, 0.29) is 5.60 Å². The highest BCUT2D eigenvalue weighted by molar-refractivity contribution is 5.21. The summed E-state index contributed by atoms with van der Waals surface area (Å²) >= 11 is 0. The second-order valence-corrected chi connectivity index (χ2v) is 6.37. The van der Waals surface area contributed by atoms with Crippen LogP contribution in [0.1, 0.15) is 44.7 Å². The maximum absolute atomic E-state index is 5.54. The van der Waals surface area contributed by atoms with Gasteiger partial charge in [-0.05, 0) is 64.6 Å². The van der Waals surface area contributed by atoms with E-state index in [1.807, 2.05) is 0 Å². The van der Waals surface area contributed by atoms with Crippen LogP contribution in [0.15, 0.2) is 24.3 Å². The summed E-state index contributed by atoms with van der Waals surface area (Å²) in [7, 11) is 1.80. The molecule has 1 unspecified atom stereocenters. The fourth-order valence-electron chi connectivity index (χ4n) is 2.34. The van der Waals surface area contributed by atoms with Crippen molar-refractivity contribution in [1.82, 2.24) is 5.32 Å². The quantitative estimate of drug-likeness (QED) is 0.737. The Balaban J connectivity index is 2.57. The van der Waals surface area contributed by atoms with Gasteiger partial charge >= 0.3 is 0 Å². The predicted molar refractivity (Wildman–Crippen MR) is 87.2 cm³/mol. The number of benzene rings is 1. The zero-order valence-electron chi connectivity index (χ0n) is 13.8. The van der Waals surface area contributed by atoms with E-state index in [0.717, 1.165) is 25.9 Å². The van der Waals surface area contributed by atoms with E-state index in [2.05, 4.69) is 57.3 Å². The zero-order valence-corrected chi connectivity index (χ0v) is 13.8. The molecule has 0 spiro atoms. The molecule has 114 valence electrons. The van der Waals surface area contributed by atoms with Crippen LogP contribution in [0.3, 0.4) is 0 Å². The van der Waals surface area contributed by atoms with Gasteiger partial charge in [-0.1, -0.05) is 36.8 Å². The highest BCUT2D eigenvalue weighted by atomic mass is 16.5. The third-order valence-electron chi connectivity index (χ3n) is 4.04. The molecular weight excluding hydrogens is 246 g/mol. The third-order valence-corrected chi connectivity index (χ3v) is 4.04. The van der Waals surface area contributed by atoms with Crippen LogP contribution < -0.4 is 5.32 Å². The van der Waals surface area contributed by atoms with Crippen molar-refractivity contribution in [3.8, 4) is 0 Å². The largest absolute Gasteiger partial charge is 0.379 e. The summed E-state index contributed by atoms with van der Waals surface area (Å²) in [4.78, 5) is 0. The van der Waals surface area contributed by atoms with Gasteiger partial charge < -0.3 is 10.1 Å². The Morgan fingerprint density at radius 3 is 2.40 bits per heavy atom. The summed E-state index contributed by atoms with van der Waals surface area (Å²) in [6.45, 7) is 10.8. The highest BCUT2D eigenvalue weighted by Gasteiger charge is 2.19. The molecule has 0 heterocycles. The van der Waals surface area contributed by atoms with Crippen molar-refractivity contribution in [2.45, 2.75) is 52.6 Å². The Labute approximate surface area is 124 Å². The average molecular weight is 277 g/mol. The molecule has 0 aliphatic rings. The molecule has 0 aliphatic heterocycles. The summed E-state index contributed by atoms with van der Waals surface area (Å²) < 4.78 is 5.54. The van der Waals surface area contributed by atoms with E-state index in [4.69, 9.17) is 4.74 Å². The van der Waals surface area contributed by atoms with Gasteiger partial charge in [-0.15, -0.1) is 0 Å². The Hall–Kier alpha value is -0.860. The minimum absolute atomic E-state index is 0.0161. The normalized spacial score (nSPS) is 13.4. The molecule has 1 rings (SSSR count). The van der Waals surface area contributed by atoms with Crippen LogP contribution in [-0.4, -0.2) is 25.8 Å². The highest BCUT2D eigenvalue weighted by Crippen LogP contribution is 2.22. The fraction of sp³-hybridized carbons (Fsp3) is 0.667. The molecule has 0 bridgehead atoms. The van der Waals surface area contributed by atoms with Gasteiger partial charge in [0.15, 0.2) is 0 Å². The smallest absolute Gasteiger partial charge is 0.0622 e. The predicted octanol–water partition coefficient (Wildman–Crippen LogP) is 3.97. The number of hydrogen-bond donors (Lipinski definition) is 1. The molecule has 0 saturated heterocycles. The third kappa shape index (κ3) is 6.53. The fourth-order valence-corrected chi connectivity index (χ4v) is 2.34. The molecule has 0 aliphatic carbocycles. The summed E-state index contributed by atoms with van der Waals surface area (Å²) in [6, 6.07) is 8.93. The van der Waals surface area contributed by atoms with Crippen LogP contribution in [0.25, 0.3) is 0 Å². The van der Waals surface area contributed by atoms with Crippen molar-refractivity contribution < 1.29 is 4.74 Å². The number of rotatable bonds is 9. The van der Waals surface area contributed by atoms with Gasteiger partial charge in [0.2, 0.25) is 0 Å². The minimum atomic E-state index is -0.0161. The lowest BCUT2D eigenvalue weighted by molar-refractivity contribution is 0.0104. The summed E-state index contributed by atoms with van der Waals surface area (Å²) in [5, 5.41) is 3.49. The van der Waals surface area contributed by atoms with Gasteiger partial charge in [-0.25, -0.2) is 0 Å². The Bertz CT molecular complexity index is 370. The molecule has 0 saturated carbocycles. The van der Waals surface area contributed by atoms with Gasteiger partial charge in [0.05, 0.1) is 5.60 Å². The molecule has 20 heavy (non-hydrogen) atoms. The Morgan fingerprint density at radius 1 is 1.20 bits per heavy atom. The molecular formula is C18H31NO. The Kier molecular flexibility index (Phi) is 7.25. The lowest BCUT2D eigenvalue weighted by Gasteiger charge is -2.26. The maximum atomic E-state index is 5.54. The zero-order chi connectivity index (χ0) is 15.0. The van der Waals surface area contributed by atoms with E-state index >= 15 is 0 Å². The topological polar surface area (TPSA) is 21.3 Å². The van der Waals surface area contributed by atoms with Crippen LogP contribution in [0, 0.1) is 12.8 Å². The SMILES string of the molecule is CCNCC(CCC(C)(C)OC)Cc1ccc(C)cc1. The van der Waals surface area contributed by atoms with Gasteiger partial charge in [-0.2, -0.15) is 0 Å². The molecule has 0 fully saturated rings. The van der Waals surface area contributed by atoms with Crippen LogP contribution in [0.4, 0.5) is 0 Å². The van der Waals surface area contributed by atoms with E-state index in [0.29, 0.717) is 5.92 Å². The van der Waals surface area contributed by atoms with Gasteiger partial charge in [-0.3, -0.25) is 0 Å². The number of methoxy groups -OCH3 is 1. The Morgan fingerprint density at radius 2 is 1.85 bits per heavy atom. The van der Waals surface area contributed by atoms with Crippen LogP contribution in [-0.2, 0) is 11.2 Å². The average Bonchev–Trinajstić information content (AvgIpc) is 2.44. The first kappa shape index (κ1) is 17.2. The lowest BCUT2D eigenvalue weighted by atomic mass is 9.90. The van der Waals surface area contributed by atoms with Crippen molar-refractivity contribution >= 4 is 0 Å². The number of ether oxygens (including phenoxy) is 1. The van der Waals surface area contributed by atoms with E-state index in [1.54, 1.807) is 7.11 Å². The molecule has 1 aromatic carbocycles. The molecule has 1 aromatic rings. The maximum Gasteiger partial charge on any atom is 0.0622 e. The van der Waals surface area contributed by atoms with E-state index < -0.39 is 0 Å². The van der Waals surface area contributed by atoms with E-state index in [9.17, 15) is 0 Å². The first-order valence-electron chi connectivity index (χ1n) is 7.78. The molecule has 2 heteroatoms.